The second-order valence-corrected chi connectivity index (χ2v) is 3.25. The zero-order valence-electron chi connectivity index (χ0n) is 7.75. The van der Waals surface area contributed by atoms with Crippen LogP contribution >= 0.6 is 0 Å². The third-order valence-electron chi connectivity index (χ3n) is 2.30. The highest BCUT2D eigenvalue weighted by molar-refractivity contribution is 5.94. The van der Waals surface area contributed by atoms with Gasteiger partial charge < -0.3 is 4.74 Å². The van der Waals surface area contributed by atoms with Gasteiger partial charge in [-0.2, -0.15) is 0 Å². The van der Waals surface area contributed by atoms with Gasteiger partial charge in [-0.05, 0) is 36.6 Å². The Balaban J connectivity index is 2.33. The molecule has 0 unspecified atom stereocenters. The molecule has 4 nitrogen and oxygen atoms in total. The van der Waals surface area contributed by atoms with Gasteiger partial charge in [0.2, 0.25) is 0 Å². The van der Waals surface area contributed by atoms with Gasteiger partial charge in [0, 0.05) is 5.56 Å². The standard InChI is InChI=1S/C10H12N2O2/c11-12-10(13)8-3-4-9-7(6-8)2-1-5-14-9/h3-4,6H,1-2,5,11H2,(H,12,13). The zero-order chi connectivity index (χ0) is 9.97. The van der Waals surface area contributed by atoms with Gasteiger partial charge in [-0.3, -0.25) is 10.2 Å². The molecule has 0 atom stereocenters. The number of hydrogen-bond donors (Lipinski definition) is 2. The predicted molar refractivity (Wildman–Crippen MR) is 51.9 cm³/mol. The van der Waals surface area contributed by atoms with Crippen LogP contribution in [0.15, 0.2) is 18.2 Å². The summed E-state index contributed by atoms with van der Waals surface area (Å²) in [6, 6.07) is 5.36. The number of carbonyl (C=O) groups excluding carboxylic acids is 1. The third kappa shape index (κ3) is 1.56. The molecular weight excluding hydrogens is 180 g/mol. The fourth-order valence-electron chi connectivity index (χ4n) is 1.58. The van der Waals surface area contributed by atoms with Crippen molar-refractivity contribution in [2.45, 2.75) is 12.8 Å². The molecule has 0 saturated heterocycles. The van der Waals surface area contributed by atoms with E-state index in [0.29, 0.717) is 5.56 Å². The van der Waals surface area contributed by atoms with E-state index in [1.165, 1.54) is 0 Å². The van der Waals surface area contributed by atoms with Crippen LogP contribution in [0.1, 0.15) is 22.3 Å². The first kappa shape index (κ1) is 9.02. The molecular formula is C10H12N2O2. The number of nitrogens with one attached hydrogen (secondary N) is 1. The van der Waals surface area contributed by atoms with Crippen molar-refractivity contribution in [1.29, 1.82) is 0 Å². The predicted octanol–water partition coefficient (Wildman–Crippen LogP) is 0.615. The van der Waals surface area contributed by atoms with Crippen molar-refractivity contribution in [3.05, 3.63) is 29.3 Å². The third-order valence-corrected chi connectivity index (χ3v) is 2.30. The molecule has 3 N–H and O–H groups in total. The second kappa shape index (κ2) is 3.67. The Morgan fingerprint density at radius 3 is 3.14 bits per heavy atom. The first-order chi connectivity index (χ1) is 6.81. The smallest absolute Gasteiger partial charge is 0.265 e. The van der Waals surface area contributed by atoms with E-state index in [2.05, 4.69) is 5.43 Å². The summed E-state index contributed by atoms with van der Waals surface area (Å²) in [7, 11) is 0. The normalized spacial score (nSPS) is 14.1. The average molecular weight is 192 g/mol. The van der Waals surface area contributed by atoms with E-state index < -0.39 is 0 Å². The van der Waals surface area contributed by atoms with Crippen molar-refractivity contribution < 1.29 is 9.53 Å². The number of nitrogen functional groups attached to an aromatic ring is 1. The average Bonchev–Trinajstić information content (AvgIpc) is 2.27. The number of ether oxygens (including phenoxy) is 1. The number of benzene rings is 1. The van der Waals surface area contributed by atoms with Gasteiger partial charge >= 0.3 is 0 Å². The number of hydrazine groups is 1. The van der Waals surface area contributed by atoms with Crippen LogP contribution in [-0.4, -0.2) is 12.5 Å². The number of amides is 1. The van der Waals surface area contributed by atoms with Gasteiger partial charge in [-0.1, -0.05) is 0 Å². The summed E-state index contributed by atoms with van der Waals surface area (Å²) in [4.78, 5) is 11.2. The summed E-state index contributed by atoms with van der Waals surface area (Å²) in [6.07, 6.45) is 1.96. The molecule has 4 heteroatoms. The van der Waals surface area contributed by atoms with Crippen LogP contribution in [0.4, 0.5) is 0 Å². The van der Waals surface area contributed by atoms with E-state index in [0.717, 1.165) is 30.8 Å². The van der Waals surface area contributed by atoms with E-state index in [1.807, 2.05) is 12.1 Å². The monoisotopic (exact) mass is 192 g/mol. The van der Waals surface area contributed by atoms with Gasteiger partial charge in [0.15, 0.2) is 0 Å². The lowest BCUT2D eigenvalue weighted by Gasteiger charge is -2.17. The molecule has 1 amide bonds. The van der Waals surface area contributed by atoms with E-state index in [9.17, 15) is 4.79 Å². The van der Waals surface area contributed by atoms with E-state index in [4.69, 9.17) is 10.6 Å². The molecule has 1 heterocycles. The highest BCUT2D eigenvalue weighted by Crippen LogP contribution is 2.25. The number of hydrogen-bond acceptors (Lipinski definition) is 3. The molecule has 0 radical (unpaired) electrons. The van der Waals surface area contributed by atoms with Crippen LogP contribution in [0.3, 0.4) is 0 Å². The van der Waals surface area contributed by atoms with Crippen LogP contribution in [0.2, 0.25) is 0 Å². The van der Waals surface area contributed by atoms with E-state index in [-0.39, 0.29) is 5.91 Å². The Kier molecular flexibility index (Phi) is 2.37. The topological polar surface area (TPSA) is 64.3 Å². The van der Waals surface area contributed by atoms with E-state index >= 15 is 0 Å². The fraction of sp³-hybridized carbons (Fsp3) is 0.300. The molecule has 0 saturated carbocycles. The Morgan fingerprint density at radius 2 is 2.36 bits per heavy atom. The van der Waals surface area contributed by atoms with Crippen molar-refractivity contribution in [3.63, 3.8) is 0 Å². The van der Waals surface area contributed by atoms with Crippen LogP contribution in [0.5, 0.6) is 5.75 Å². The van der Waals surface area contributed by atoms with Crippen LogP contribution < -0.4 is 16.0 Å². The quantitative estimate of drug-likeness (QED) is 0.389. The minimum absolute atomic E-state index is 0.265. The first-order valence-electron chi connectivity index (χ1n) is 4.58. The van der Waals surface area contributed by atoms with Gasteiger partial charge in [0.1, 0.15) is 5.75 Å². The van der Waals surface area contributed by atoms with Crippen molar-refractivity contribution in [2.24, 2.45) is 5.84 Å². The Hall–Kier alpha value is -1.55. The van der Waals surface area contributed by atoms with Gasteiger partial charge in [-0.25, -0.2) is 5.84 Å². The maximum absolute atomic E-state index is 11.2. The number of fused-ring (bicyclic) bond motifs is 1. The van der Waals surface area contributed by atoms with Crippen molar-refractivity contribution in [2.75, 3.05) is 6.61 Å². The Labute approximate surface area is 82.0 Å². The maximum Gasteiger partial charge on any atom is 0.265 e. The fourth-order valence-corrected chi connectivity index (χ4v) is 1.58. The molecule has 1 aliphatic rings. The van der Waals surface area contributed by atoms with Crippen molar-refractivity contribution in [3.8, 4) is 5.75 Å². The molecule has 0 fully saturated rings. The van der Waals surface area contributed by atoms with Crippen molar-refractivity contribution in [1.82, 2.24) is 5.43 Å². The number of carbonyl (C=O) groups is 1. The lowest BCUT2D eigenvalue weighted by Crippen LogP contribution is -2.30. The first-order valence-corrected chi connectivity index (χ1v) is 4.58. The molecule has 0 spiro atoms. The van der Waals surface area contributed by atoms with Gasteiger partial charge in [0.25, 0.3) is 5.91 Å². The summed E-state index contributed by atoms with van der Waals surface area (Å²) in [5.74, 6) is 5.66. The number of nitrogens with two attached hydrogens (primary N) is 1. The largest absolute Gasteiger partial charge is 0.493 e. The van der Waals surface area contributed by atoms with E-state index in [1.54, 1.807) is 6.07 Å². The summed E-state index contributed by atoms with van der Waals surface area (Å²) in [6.45, 7) is 0.759. The zero-order valence-corrected chi connectivity index (χ0v) is 7.75. The molecule has 2 rings (SSSR count). The molecule has 1 aromatic carbocycles. The van der Waals surface area contributed by atoms with Crippen LogP contribution in [0, 0.1) is 0 Å². The highest BCUT2D eigenvalue weighted by atomic mass is 16.5. The second-order valence-electron chi connectivity index (χ2n) is 3.25. The molecule has 14 heavy (non-hydrogen) atoms. The summed E-state index contributed by atoms with van der Waals surface area (Å²) < 4.78 is 5.43. The lowest BCUT2D eigenvalue weighted by molar-refractivity contribution is 0.0953. The summed E-state index contributed by atoms with van der Waals surface area (Å²) in [5.41, 5.74) is 3.77. The maximum atomic E-state index is 11.2. The van der Waals surface area contributed by atoms with Crippen LogP contribution in [-0.2, 0) is 6.42 Å². The van der Waals surface area contributed by atoms with Gasteiger partial charge in [-0.15, -0.1) is 0 Å². The molecule has 0 aliphatic carbocycles. The van der Waals surface area contributed by atoms with Crippen molar-refractivity contribution >= 4 is 5.91 Å². The van der Waals surface area contributed by atoms with Crippen LogP contribution in [0.25, 0.3) is 0 Å². The summed E-state index contributed by atoms with van der Waals surface area (Å²) in [5, 5.41) is 0. The summed E-state index contributed by atoms with van der Waals surface area (Å²) >= 11 is 0. The number of aryl methyl sites for hydroxylation is 1. The highest BCUT2D eigenvalue weighted by Gasteiger charge is 2.12. The number of rotatable bonds is 1. The van der Waals surface area contributed by atoms with Gasteiger partial charge in [0.05, 0.1) is 6.61 Å². The lowest BCUT2D eigenvalue weighted by atomic mass is 10.0. The minimum Gasteiger partial charge on any atom is -0.493 e. The Bertz CT molecular complexity index is 363. The molecule has 0 bridgehead atoms. The molecule has 1 aromatic rings. The Morgan fingerprint density at radius 1 is 1.50 bits per heavy atom. The molecule has 0 aromatic heterocycles. The SMILES string of the molecule is NNC(=O)c1ccc2c(c1)CCCO2. The molecule has 74 valence electrons. The molecule has 1 aliphatic heterocycles. The minimum atomic E-state index is -0.265.